The van der Waals surface area contributed by atoms with Crippen LogP contribution in [0.5, 0.6) is 0 Å². The van der Waals surface area contributed by atoms with Gasteiger partial charge in [0.15, 0.2) is 9.84 Å². The molecule has 0 aliphatic heterocycles. The Morgan fingerprint density at radius 2 is 1.56 bits per heavy atom. The first-order chi connectivity index (χ1) is 8.57. The minimum Gasteiger partial charge on any atom is -0.229 e. The standard InChI is InChI=1S/C14H21NO2S/c15-2-1-3-18(16,17)9-14-12-5-10-4-11(7-12)8-13(14)6-10/h10-14H,1,3-9H2. The third-order valence-electron chi connectivity index (χ3n) is 5.39. The number of rotatable bonds is 4. The zero-order valence-electron chi connectivity index (χ0n) is 10.7. The third kappa shape index (κ3) is 2.30. The topological polar surface area (TPSA) is 57.9 Å². The van der Waals surface area contributed by atoms with Crippen LogP contribution < -0.4 is 0 Å². The van der Waals surface area contributed by atoms with Crippen LogP contribution >= 0.6 is 0 Å². The Bertz CT molecular complexity index is 435. The lowest BCUT2D eigenvalue weighted by molar-refractivity contribution is -0.0268. The van der Waals surface area contributed by atoms with E-state index in [1.54, 1.807) is 0 Å². The third-order valence-corrected chi connectivity index (χ3v) is 7.11. The van der Waals surface area contributed by atoms with Crippen molar-refractivity contribution < 1.29 is 8.42 Å². The summed E-state index contributed by atoms with van der Waals surface area (Å²) in [5.74, 6) is 3.93. The molecule has 0 radical (unpaired) electrons. The van der Waals surface area contributed by atoms with Crippen LogP contribution in [0.25, 0.3) is 0 Å². The molecule has 0 heterocycles. The number of hydrogen-bond donors (Lipinski definition) is 0. The lowest BCUT2D eigenvalue weighted by atomic mass is 9.52. The van der Waals surface area contributed by atoms with Gasteiger partial charge in [-0.15, -0.1) is 0 Å². The molecule has 0 amide bonds. The smallest absolute Gasteiger partial charge is 0.151 e. The molecule has 0 atom stereocenters. The molecular weight excluding hydrogens is 246 g/mol. The Balaban J connectivity index is 1.69. The molecule has 3 nitrogen and oxygen atoms in total. The quantitative estimate of drug-likeness (QED) is 0.786. The fourth-order valence-corrected chi connectivity index (χ4v) is 6.59. The normalized spacial score (nSPS) is 41.8. The summed E-state index contributed by atoms with van der Waals surface area (Å²) in [4.78, 5) is 0. The largest absolute Gasteiger partial charge is 0.229 e. The summed E-state index contributed by atoms with van der Waals surface area (Å²) in [6.45, 7) is 0. The molecule has 4 heteroatoms. The van der Waals surface area contributed by atoms with E-state index in [2.05, 4.69) is 0 Å². The first-order valence-corrected chi connectivity index (χ1v) is 8.97. The van der Waals surface area contributed by atoms with Gasteiger partial charge in [-0.25, -0.2) is 8.42 Å². The summed E-state index contributed by atoms with van der Waals surface area (Å²) in [6, 6.07) is 1.95. The van der Waals surface area contributed by atoms with Crippen molar-refractivity contribution in [2.75, 3.05) is 11.5 Å². The molecule has 0 saturated heterocycles. The van der Waals surface area contributed by atoms with E-state index in [0.29, 0.717) is 23.5 Å². The van der Waals surface area contributed by atoms with Crippen molar-refractivity contribution in [2.24, 2.45) is 29.6 Å². The zero-order valence-corrected chi connectivity index (χ0v) is 11.5. The van der Waals surface area contributed by atoms with Crippen molar-refractivity contribution in [3.63, 3.8) is 0 Å². The molecule has 0 aromatic rings. The number of nitriles is 1. The second-order valence-electron chi connectivity index (χ2n) is 6.62. The lowest BCUT2D eigenvalue weighted by Crippen LogP contribution is -2.47. The number of sulfone groups is 1. The van der Waals surface area contributed by atoms with Crippen LogP contribution in [0.15, 0.2) is 0 Å². The Morgan fingerprint density at radius 3 is 2.06 bits per heavy atom. The fourth-order valence-electron chi connectivity index (χ4n) is 4.89. The van der Waals surface area contributed by atoms with Crippen LogP contribution in [0, 0.1) is 40.9 Å². The Kier molecular flexibility index (Phi) is 3.13. The van der Waals surface area contributed by atoms with Crippen LogP contribution in [0.4, 0.5) is 0 Å². The first kappa shape index (κ1) is 12.5. The van der Waals surface area contributed by atoms with Gasteiger partial charge in [-0.1, -0.05) is 0 Å². The van der Waals surface area contributed by atoms with E-state index < -0.39 is 9.84 Å². The van der Waals surface area contributed by atoms with E-state index in [1.807, 2.05) is 6.07 Å². The average molecular weight is 267 g/mol. The molecule has 18 heavy (non-hydrogen) atoms. The summed E-state index contributed by atoms with van der Waals surface area (Å²) >= 11 is 0. The number of nitrogens with zero attached hydrogens (tertiary/aromatic N) is 1. The van der Waals surface area contributed by atoms with Crippen LogP contribution in [0.2, 0.25) is 0 Å². The Hall–Kier alpha value is -0.560. The molecule has 0 aromatic heterocycles. The molecule has 0 aromatic carbocycles. The summed E-state index contributed by atoms with van der Waals surface area (Å²) in [7, 11) is -3.01. The summed E-state index contributed by atoms with van der Waals surface area (Å²) in [5, 5.41) is 8.52. The highest BCUT2D eigenvalue weighted by Crippen LogP contribution is 2.56. The van der Waals surface area contributed by atoms with Gasteiger partial charge in [0, 0.05) is 6.42 Å². The van der Waals surface area contributed by atoms with Crippen molar-refractivity contribution >= 4 is 9.84 Å². The molecule has 100 valence electrons. The van der Waals surface area contributed by atoms with Gasteiger partial charge in [0.2, 0.25) is 0 Å². The molecule has 0 N–H and O–H groups in total. The summed E-state index contributed by atoms with van der Waals surface area (Å²) < 4.78 is 24.1. The van der Waals surface area contributed by atoms with Crippen molar-refractivity contribution in [2.45, 2.75) is 38.5 Å². The number of hydrogen-bond acceptors (Lipinski definition) is 3. The first-order valence-electron chi connectivity index (χ1n) is 7.15. The van der Waals surface area contributed by atoms with Gasteiger partial charge in [-0.2, -0.15) is 5.26 Å². The van der Waals surface area contributed by atoms with Gasteiger partial charge in [0.1, 0.15) is 0 Å². The van der Waals surface area contributed by atoms with Crippen molar-refractivity contribution in [1.82, 2.24) is 0 Å². The molecule has 4 saturated carbocycles. The zero-order chi connectivity index (χ0) is 12.8. The van der Waals surface area contributed by atoms with E-state index in [9.17, 15) is 8.42 Å². The Morgan fingerprint density at radius 1 is 1.00 bits per heavy atom. The Labute approximate surface area is 109 Å². The summed E-state index contributed by atoms with van der Waals surface area (Å²) in [5.41, 5.74) is 0. The predicted octanol–water partition coefficient (Wildman–Crippen LogP) is 2.39. The maximum absolute atomic E-state index is 12.0. The molecule has 4 rings (SSSR count). The van der Waals surface area contributed by atoms with Crippen molar-refractivity contribution in [3.05, 3.63) is 0 Å². The maximum atomic E-state index is 12.0. The monoisotopic (exact) mass is 267 g/mol. The summed E-state index contributed by atoms with van der Waals surface area (Å²) in [6.07, 6.45) is 6.63. The molecule has 0 unspecified atom stereocenters. The van der Waals surface area contributed by atoms with Crippen LogP contribution in [-0.2, 0) is 9.84 Å². The van der Waals surface area contributed by atoms with E-state index in [-0.39, 0.29) is 12.2 Å². The van der Waals surface area contributed by atoms with Gasteiger partial charge >= 0.3 is 0 Å². The minimum absolute atomic E-state index is 0.0618. The van der Waals surface area contributed by atoms with E-state index in [4.69, 9.17) is 5.26 Å². The van der Waals surface area contributed by atoms with Crippen LogP contribution in [0.3, 0.4) is 0 Å². The average Bonchev–Trinajstić information content (AvgIpc) is 2.30. The van der Waals surface area contributed by atoms with Gasteiger partial charge in [-0.3, -0.25) is 0 Å². The molecule has 4 aliphatic carbocycles. The van der Waals surface area contributed by atoms with Crippen molar-refractivity contribution in [1.29, 1.82) is 5.26 Å². The van der Waals surface area contributed by atoms with Crippen LogP contribution in [0.1, 0.15) is 38.5 Å². The maximum Gasteiger partial charge on any atom is 0.151 e. The van der Waals surface area contributed by atoms with Gasteiger partial charge in [0.25, 0.3) is 0 Å². The van der Waals surface area contributed by atoms with E-state index in [0.717, 1.165) is 11.8 Å². The molecule has 4 aliphatic rings. The second kappa shape index (κ2) is 4.52. The predicted molar refractivity (Wildman–Crippen MR) is 69.4 cm³/mol. The van der Waals surface area contributed by atoms with Gasteiger partial charge in [0.05, 0.1) is 17.6 Å². The fraction of sp³-hybridized carbons (Fsp3) is 0.929. The van der Waals surface area contributed by atoms with Crippen LogP contribution in [-0.4, -0.2) is 19.9 Å². The van der Waals surface area contributed by atoms with Gasteiger partial charge in [-0.05, 0) is 61.7 Å². The lowest BCUT2D eigenvalue weighted by Gasteiger charge is -2.54. The molecular formula is C14H21NO2S. The van der Waals surface area contributed by atoms with Gasteiger partial charge < -0.3 is 0 Å². The highest BCUT2D eigenvalue weighted by atomic mass is 32.2. The highest BCUT2D eigenvalue weighted by Gasteiger charge is 2.48. The SMILES string of the molecule is N#CCCS(=O)(=O)CC1C2CC3CC(C2)CC1C3. The van der Waals surface area contributed by atoms with Crippen molar-refractivity contribution in [3.8, 4) is 6.07 Å². The molecule has 4 bridgehead atoms. The minimum atomic E-state index is -3.01. The second-order valence-corrected chi connectivity index (χ2v) is 8.85. The molecule has 0 spiro atoms. The highest BCUT2D eigenvalue weighted by molar-refractivity contribution is 7.91. The molecule has 4 fully saturated rings. The van der Waals surface area contributed by atoms with E-state index >= 15 is 0 Å². The van der Waals surface area contributed by atoms with E-state index in [1.165, 1.54) is 32.1 Å².